The molecule has 1 fully saturated rings. The second kappa shape index (κ2) is 11.2. The Morgan fingerprint density at radius 3 is 2.67 bits per heavy atom. The lowest BCUT2D eigenvalue weighted by atomic mass is 9.76. The minimum atomic E-state index is -2.89. The SMILES string of the molecule is Cn1cc(CC(=O)CC2CCC(F)(CCN3CCc4nc(OCC(C)(F)F)sc4CC3)CC2)c(F)n1. The van der Waals surface area contributed by atoms with Gasteiger partial charge in [0.1, 0.15) is 11.5 Å². The first kappa shape index (κ1) is 27.0. The van der Waals surface area contributed by atoms with Crippen molar-refractivity contribution >= 4 is 17.1 Å². The molecule has 4 rings (SSSR count). The van der Waals surface area contributed by atoms with Crippen LogP contribution in [0.5, 0.6) is 5.19 Å². The Morgan fingerprint density at radius 1 is 1.28 bits per heavy atom. The van der Waals surface area contributed by atoms with Gasteiger partial charge in [-0.05, 0) is 44.4 Å². The van der Waals surface area contributed by atoms with Crippen LogP contribution in [0.15, 0.2) is 6.20 Å². The molecule has 0 bridgehead atoms. The van der Waals surface area contributed by atoms with Crippen molar-refractivity contribution in [2.45, 2.75) is 76.3 Å². The number of hydrogen-bond donors (Lipinski definition) is 0. The number of Topliss-reactive ketones (excluding diaryl/α,β-unsaturated/α-hetero) is 1. The van der Waals surface area contributed by atoms with Gasteiger partial charge in [-0.3, -0.25) is 9.48 Å². The highest BCUT2D eigenvalue weighted by Gasteiger charge is 2.36. The van der Waals surface area contributed by atoms with Gasteiger partial charge in [0.15, 0.2) is 6.61 Å². The van der Waals surface area contributed by atoms with Gasteiger partial charge in [-0.2, -0.15) is 4.39 Å². The van der Waals surface area contributed by atoms with E-state index < -0.39 is 24.1 Å². The van der Waals surface area contributed by atoms with Crippen molar-refractivity contribution < 1.29 is 27.1 Å². The molecule has 36 heavy (non-hydrogen) atoms. The van der Waals surface area contributed by atoms with Crippen LogP contribution in [0, 0.1) is 11.9 Å². The van der Waals surface area contributed by atoms with Gasteiger partial charge in [-0.15, -0.1) is 5.10 Å². The Bertz CT molecular complexity index is 1020. The number of hydrogen-bond acceptors (Lipinski definition) is 6. The minimum absolute atomic E-state index is 0.0270. The number of ether oxygens (including phenoxy) is 1. The Hall–Kier alpha value is -2.01. The molecule has 6 nitrogen and oxygen atoms in total. The van der Waals surface area contributed by atoms with E-state index in [9.17, 15) is 18.0 Å². The fraction of sp³-hybridized carbons (Fsp3) is 0.720. The van der Waals surface area contributed by atoms with Gasteiger partial charge >= 0.3 is 0 Å². The highest BCUT2D eigenvalue weighted by Crippen LogP contribution is 2.39. The van der Waals surface area contributed by atoms with Crippen LogP contribution < -0.4 is 4.74 Å². The van der Waals surface area contributed by atoms with Crippen LogP contribution in [-0.2, 0) is 31.1 Å². The average molecular weight is 531 g/mol. The van der Waals surface area contributed by atoms with Crippen molar-refractivity contribution in [2.24, 2.45) is 13.0 Å². The van der Waals surface area contributed by atoms with Gasteiger partial charge in [-0.25, -0.2) is 18.2 Å². The number of aryl methyl sites for hydroxylation is 1. The predicted octanol–water partition coefficient (Wildman–Crippen LogP) is 4.94. The smallest absolute Gasteiger partial charge is 0.278 e. The molecule has 0 N–H and O–H groups in total. The molecule has 0 spiro atoms. The largest absolute Gasteiger partial charge is 0.464 e. The Kier molecular flexibility index (Phi) is 8.38. The number of ketones is 1. The molecule has 1 aliphatic carbocycles. The fourth-order valence-electron chi connectivity index (χ4n) is 5.10. The summed E-state index contributed by atoms with van der Waals surface area (Å²) in [6, 6.07) is 0. The summed E-state index contributed by atoms with van der Waals surface area (Å²) in [6.45, 7) is 2.32. The Labute approximate surface area is 213 Å². The van der Waals surface area contributed by atoms with Crippen molar-refractivity contribution in [2.75, 3.05) is 26.2 Å². The summed E-state index contributed by atoms with van der Waals surface area (Å²) in [4.78, 5) is 20.1. The van der Waals surface area contributed by atoms with E-state index in [0.717, 1.165) is 37.0 Å². The number of rotatable bonds is 10. The molecule has 2 aromatic heterocycles. The lowest BCUT2D eigenvalue weighted by molar-refractivity contribution is -0.119. The first-order valence-corrected chi connectivity index (χ1v) is 13.4. The zero-order valence-corrected chi connectivity index (χ0v) is 21.7. The van der Waals surface area contributed by atoms with Gasteiger partial charge in [0.05, 0.1) is 5.69 Å². The van der Waals surface area contributed by atoms with Gasteiger partial charge in [0.2, 0.25) is 5.95 Å². The maximum atomic E-state index is 15.5. The van der Waals surface area contributed by atoms with Crippen LogP contribution in [-0.4, -0.2) is 63.3 Å². The van der Waals surface area contributed by atoms with Gasteiger partial charge in [0.25, 0.3) is 11.1 Å². The third-order valence-electron chi connectivity index (χ3n) is 7.16. The normalized spacial score (nSPS) is 23.3. The molecule has 0 aromatic carbocycles. The number of alkyl halides is 3. The van der Waals surface area contributed by atoms with E-state index in [1.54, 1.807) is 7.05 Å². The third-order valence-corrected chi connectivity index (χ3v) is 8.23. The molecule has 0 amide bonds. The van der Waals surface area contributed by atoms with E-state index in [2.05, 4.69) is 15.0 Å². The first-order valence-electron chi connectivity index (χ1n) is 12.6. The molecule has 3 heterocycles. The third kappa shape index (κ3) is 7.50. The average Bonchev–Trinajstić information content (AvgIpc) is 3.28. The number of thiazole rings is 1. The van der Waals surface area contributed by atoms with Crippen molar-refractivity contribution in [3.05, 3.63) is 28.3 Å². The van der Waals surface area contributed by atoms with E-state index in [1.807, 2.05) is 0 Å². The Balaban J connectivity index is 1.18. The van der Waals surface area contributed by atoms with Gasteiger partial charge in [0, 0.05) is 69.5 Å². The van der Waals surface area contributed by atoms with E-state index in [-0.39, 0.29) is 18.1 Å². The minimum Gasteiger partial charge on any atom is -0.464 e. The van der Waals surface area contributed by atoms with Gasteiger partial charge < -0.3 is 9.64 Å². The monoisotopic (exact) mass is 530 g/mol. The summed E-state index contributed by atoms with van der Waals surface area (Å²) in [6.07, 6.45) is 6.03. The predicted molar refractivity (Wildman–Crippen MR) is 129 cm³/mol. The fourth-order valence-corrected chi connectivity index (χ4v) is 6.05. The number of aromatic nitrogens is 3. The van der Waals surface area contributed by atoms with Crippen molar-refractivity contribution in [3.63, 3.8) is 0 Å². The van der Waals surface area contributed by atoms with Crippen molar-refractivity contribution in [3.8, 4) is 5.19 Å². The van der Waals surface area contributed by atoms with E-state index in [4.69, 9.17) is 4.74 Å². The molecule has 0 atom stereocenters. The lowest BCUT2D eigenvalue weighted by Gasteiger charge is -2.35. The molecule has 1 aliphatic heterocycles. The Morgan fingerprint density at radius 2 is 2.00 bits per heavy atom. The highest BCUT2D eigenvalue weighted by atomic mass is 32.1. The molecule has 200 valence electrons. The molecule has 2 aliphatic rings. The first-order chi connectivity index (χ1) is 17.0. The number of halogens is 4. The lowest BCUT2D eigenvalue weighted by Crippen LogP contribution is -2.36. The second-order valence-electron chi connectivity index (χ2n) is 10.4. The standard InChI is InChI=1S/C25H34F4N4O2S/c1-24(27,28)16-35-23-30-20-5-10-33(11-6-21(20)36-23)12-9-25(29)7-3-17(4-8-25)13-19(34)14-18-15-32(2)31-22(18)26/h15,17H,3-14,16H2,1-2H3. The molecular weight excluding hydrogens is 496 g/mol. The summed E-state index contributed by atoms with van der Waals surface area (Å²) in [5, 5.41) is 3.92. The van der Waals surface area contributed by atoms with E-state index in [0.29, 0.717) is 62.2 Å². The van der Waals surface area contributed by atoms with Crippen LogP contribution >= 0.6 is 11.3 Å². The number of nitrogens with zero attached hydrogens (tertiary/aromatic N) is 4. The van der Waals surface area contributed by atoms with E-state index >= 15 is 4.39 Å². The second-order valence-corrected chi connectivity index (χ2v) is 11.5. The molecule has 0 unspecified atom stereocenters. The molecule has 11 heteroatoms. The number of carbonyl (C=O) groups is 1. The molecular formula is C25H34F4N4O2S. The van der Waals surface area contributed by atoms with E-state index in [1.165, 1.54) is 22.2 Å². The summed E-state index contributed by atoms with van der Waals surface area (Å²) in [5.41, 5.74) is -0.0221. The van der Waals surface area contributed by atoms with Crippen LogP contribution in [0.25, 0.3) is 0 Å². The summed E-state index contributed by atoms with van der Waals surface area (Å²) < 4.78 is 61.8. The summed E-state index contributed by atoms with van der Waals surface area (Å²) in [5.74, 6) is -3.38. The van der Waals surface area contributed by atoms with Crippen LogP contribution in [0.1, 0.15) is 61.6 Å². The summed E-state index contributed by atoms with van der Waals surface area (Å²) >= 11 is 1.32. The summed E-state index contributed by atoms with van der Waals surface area (Å²) in [7, 11) is 1.62. The highest BCUT2D eigenvalue weighted by molar-refractivity contribution is 7.13. The number of carbonyl (C=O) groups excluding carboxylic acids is 1. The van der Waals surface area contributed by atoms with Crippen LogP contribution in [0.2, 0.25) is 0 Å². The topological polar surface area (TPSA) is 60.2 Å². The molecule has 0 saturated heterocycles. The van der Waals surface area contributed by atoms with Crippen molar-refractivity contribution in [1.82, 2.24) is 19.7 Å². The van der Waals surface area contributed by atoms with Gasteiger partial charge in [-0.1, -0.05) is 11.3 Å². The number of fused-ring (bicyclic) bond motifs is 1. The zero-order chi connectivity index (χ0) is 25.9. The molecule has 2 aromatic rings. The molecule has 1 saturated carbocycles. The van der Waals surface area contributed by atoms with Crippen molar-refractivity contribution in [1.29, 1.82) is 0 Å². The molecule has 0 radical (unpaired) electrons. The zero-order valence-electron chi connectivity index (χ0n) is 20.9. The van der Waals surface area contributed by atoms with Crippen LogP contribution in [0.4, 0.5) is 17.6 Å². The quantitative estimate of drug-likeness (QED) is 0.407. The maximum absolute atomic E-state index is 15.5. The van der Waals surface area contributed by atoms with Crippen LogP contribution in [0.3, 0.4) is 0 Å². The maximum Gasteiger partial charge on any atom is 0.278 e.